The van der Waals surface area contributed by atoms with E-state index < -0.39 is 4.92 Å². The first-order valence-corrected chi connectivity index (χ1v) is 8.35. The molecule has 0 radical (unpaired) electrons. The zero-order valence-corrected chi connectivity index (χ0v) is 15.4. The van der Waals surface area contributed by atoms with Gasteiger partial charge in [-0.2, -0.15) is 0 Å². The first-order valence-electron chi connectivity index (χ1n) is 7.56. The fraction of sp³-hybridized carbons (Fsp3) is 0.533. The van der Waals surface area contributed by atoms with Crippen LogP contribution in [0.25, 0.3) is 0 Å². The smallest absolute Gasteiger partial charge is 0.271 e. The molecule has 8 heteroatoms. The van der Waals surface area contributed by atoms with Crippen molar-refractivity contribution in [2.75, 3.05) is 18.4 Å². The summed E-state index contributed by atoms with van der Waals surface area (Å²) in [6.07, 6.45) is 0. The third-order valence-electron chi connectivity index (χ3n) is 3.59. The number of hydrogen-bond donors (Lipinski definition) is 3. The molecule has 0 saturated carbocycles. The number of halogens is 1. The number of anilines is 1. The molecule has 0 bridgehead atoms. The van der Waals surface area contributed by atoms with Crippen molar-refractivity contribution < 1.29 is 9.82 Å². The van der Waals surface area contributed by atoms with E-state index in [-0.39, 0.29) is 5.69 Å². The molecule has 0 aliphatic rings. The van der Waals surface area contributed by atoms with Crippen LogP contribution in [0, 0.1) is 10.1 Å². The van der Waals surface area contributed by atoms with Crippen LogP contribution in [0.4, 0.5) is 11.4 Å². The standard InChI is InChI=1S/C15H23ClN4O2S/c1-10(2)19(11(3)4)8-7-17-15(23)18-14-9-12(20(21)22)5-6-13(14)16/h5-6,9-11H,7-8H2,1-4H3,(H2,17,18,23)/p+1. The van der Waals surface area contributed by atoms with Gasteiger partial charge in [0.05, 0.1) is 40.8 Å². The number of thiocarbonyl (C=S) groups is 1. The summed E-state index contributed by atoms with van der Waals surface area (Å²) in [6.45, 7) is 10.4. The Kier molecular flexibility index (Phi) is 7.67. The summed E-state index contributed by atoms with van der Waals surface area (Å²) in [6, 6.07) is 5.27. The number of quaternary nitrogens is 1. The van der Waals surface area contributed by atoms with Crippen LogP contribution in [0.15, 0.2) is 18.2 Å². The Morgan fingerprint density at radius 1 is 1.35 bits per heavy atom. The Hall–Kier alpha value is -1.44. The quantitative estimate of drug-likeness (QED) is 0.395. The zero-order valence-electron chi connectivity index (χ0n) is 13.9. The molecule has 0 saturated heterocycles. The minimum absolute atomic E-state index is 0.0325. The van der Waals surface area contributed by atoms with Gasteiger partial charge in [-0.05, 0) is 46.0 Å². The van der Waals surface area contributed by atoms with Crippen LogP contribution in [0.1, 0.15) is 27.7 Å². The molecule has 1 rings (SSSR count). The van der Waals surface area contributed by atoms with Crippen LogP contribution in [0.5, 0.6) is 0 Å². The first kappa shape index (κ1) is 19.6. The topological polar surface area (TPSA) is 71.6 Å². The Bertz CT molecular complexity index is 558. The zero-order chi connectivity index (χ0) is 17.6. The molecule has 1 aromatic carbocycles. The maximum absolute atomic E-state index is 10.8. The maximum Gasteiger partial charge on any atom is 0.271 e. The molecule has 6 nitrogen and oxygen atoms in total. The third kappa shape index (κ3) is 6.29. The van der Waals surface area contributed by atoms with E-state index in [9.17, 15) is 10.1 Å². The minimum atomic E-state index is -0.468. The van der Waals surface area contributed by atoms with Gasteiger partial charge in [-0.3, -0.25) is 10.1 Å². The molecule has 0 unspecified atom stereocenters. The molecule has 0 spiro atoms. The lowest BCUT2D eigenvalue weighted by Crippen LogP contribution is -3.18. The number of nitro groups is 1. The van der Waals surface area contributed by atoms with Crippen molar-refractivity contribution in [3.63, 3.8) is 0 Å². The molecule has 23 heavy (non-hydrogen) atoms. The first-order chi connectivity index (χ1) is 10.7. The summed E-state index contributed by atoms with van der Waals surface area (Å²) in [7, 11) is 0. The summed E-state index contributed by atoms with van der Waals surface area (Å²) in [5.41, 5.74) is 0.394. The van der Waals surface area contributed by atoms with E-state index in [1.54, 1.807) is 0 Å². The summed E-state index contributed by atoms with van der Waals surface area (Å²) in [4.78, 5) is 11.8. The highest BCUT2D eigenvalue weighted by molar-refractivity contribution is 7.80. The average Bonchev–Trinajstić information content (AvgIpc) is 2.44. The average molecular weight is 360 g/mol. The Labute approximate surface area is 147 Å². The molecule has 128 valence electrons. The van der Waals surface area contributed by atoms with E-state index in [1.807, 2.05) is 0 Å². The van der Waals surface area contributed by atoms with Crippen LogP contribution in [-0.2, 0) is 0 Å². The molecular weight excluding hydrogens is 336 g/mol. The fourth-order valence-corrected chi connectivity index (χ4v) is 2.83. The minimum Gasteiger partial charge on any atom is -0.357 e. The van der Waals surface area contributed by atoms with Gasteiger partial charge in [0.1, 0.15) is 0 Å². The molecule has 0 amide bonds. The van der Waals surface area contributed by atoms with Gasteiger partial charge in [0.15, 0.2) is 5.11 Å². The largest absolute Gasteiger partial charge is 0.357 e. The summed E-state index contributed by atoms with van der Waals surface area (Å²) in [5, 5.41) is 17.6. The number of benzene rings is 1. The normalized spacial score (nSPS) is 11.1. The van der Waals surface area contributed by atoms with Gasteiger partial charge in [0.2, 0.25) is 0 Å². The van der Waals surface area contributed by atoms with Gasteiger partial charge < -0.3 is 15.5 Å². The highest BCUT2D eigenvalue weighted by Crippen LogP contribution is 2.26. The van der Waals surface area contributed by atoms with E-state index in [0.717, 1.165) is 6.54 Å². The van der Waals surface area contributed by atoms with Crippen molar-refractivity contribution in [3.8, 4) is 0 Å². The van der Waals surface area contributed by atoms with Crippen molar-refractivity contribution in [2.45, 2.75) is 39.8 Å². The van der Waals surface area contributed by atoms with Gasteiger partial charge in [-0.25, -0.2) is 0 Å². The number of non-ortho nitro benzene ring substituents is 1. The van der Waals surface area contributed by atoms with Crippen LogP contribution < -0.4 is 15.5 Å². The maximum atomic E-state index is 10.8. The molecule has 0 fully saturated rings. The Morgan fingerprint density at radius 3 is 2.48 bits per heavy atom. The molecule has 0 heterocycles. The van der Waals surface area contributed by atoms with E-state index in [4.69, 9.17) is 23.8 Å². The van der Waals surface area contributed by atoms with Crippen LogP contribution in [0.3, 0.4) is 0 Å². The predicted octanol–water partition coefficient (Wildman–Crippen LogP) is 2.24. The van der Waals surface area contributed by atoms with Crippen molar-refractivity contribution in [2.24, 2.45) is 0 Å². The second kappa shape index (κ2) is 9.00. The van der Waals surface area contributed by atoms with Gasteiger partial charge in [0.25, 0.3) is 5.69 Å². The number of nitrogens with zero attached hydrogens (tertiary/aromatic N) is 1. The molecule has 3 N–H and O–H groups in total. The van der Waals surface area contributed by atoms with Gasteiger partial charge in [-0.15, -0.1) is 0 Å². The lowest BCUT2D eigenvalue weighted by Gasteiger charge is -2.27. The van der Waals surface area contributed by atoms with Crippen LogP contribution >= 0.6 is 23.8 Å². The number of nitro benzene ring substituents is 1. The Balaban J connectivity index is 2.57. The van der Waals surface area contributed by atoms with Crippen molar-refractivity contribution >= 4 is 40.3 Å². The lowest BCUT2D eigenvalue weighted by atomic mass is 10.2. The van der Waals surface area contributed by atoms with Crippen LogP contribution in [0.2, 0.25) is 5.02 Å². The summed E-state index contributed by atoms with van der Waals surface area (Å²) < 4.78 is 0. The molecule has 1 aromatic rings. The molecule has 0 aliphatic carbocycles. The van der Waals surface area contributed by atoms with Crippen LogP contribution in [-0.4, -0.2) is 35.2 Å². The third-order valence-corrected chi connectivity index (χ3v) is 4.17. The molecular formula is C15H24ClN4O2S+. The van der Waals surface area contributed by atoms with Crippen molar-refractivity contribution in [1.29, 1.82) is 0 Å². The molecule has 0 atom stereocenters. The van der Waals surface area contributed by atoms with E-state index in [2.05, 4.69) is 38.3 Å². The second-order valence-electron chi connectivity index (χ2n) is 5.94. The number of nitrogens with one attached hydrogen (secondary N) is 3. The van der Waals surface area contributed by atoms with Gasteiger partial charge in [-0.1, -0.05) is 11.6 Å². The monoisotopic (exact) mass is 359 g/mol. The second-order valence-corrected chi connectivity index (χ2v) is 6.75. The van der Waals surface area contributed by atoms with Gasteiger partial charge >= 0.3 is 0 Å². The molecule has 0 aliphatic heterocycles. The fourth-order valence-electron chi connectivity index (χ4n) is 2.45. The Morgan fingerprint density at radius 2 is 1.96 bits per heavy atom. The summed E-state index contributed by atoms with van der Waals surface area (Å²) in [5.74, 6) is 0. The van der Waals surface area contributed by atoms with Crippen molar-refractivity contribution in [1.82, 2.24) is 5.32 Å². The van der Waals surface area contributed by atoms with E-state index >= 15 is 0 Å². The predicted molar refractivity (Wildman–Crippen MR) is 98.4 cm³/mol. The van der Waals surface area contributed by atoms with E-state index in [0.29, 0.717) is 34.5 Å². The van der Waals surface area contributed by atoms with Crippen molar-refractivity contribution in [3.05, 3.63) is 33.3 Å². The summed E-state index contributed by atoms with van der Waals surface area (Å²) >= 11 is 11.3. The number of hydrogen-bond acceptors (Lipinski definition) is 3. The SMILES string of the molecule is CC(C)[NH+](CCNC(=S)Nc1cc([N+](=O)[O-])ccc1Cl)C(C)C. The molecule has 0 aromatic heterocycles. The van der Waals surface area contributed by atoms with Gasteiger partial charge in [0, 0.05) is 12.1 Å². The highest BCUT2D eigenvalue weighted by Gasteiger charge is 2.16. The number of rotatable bonds is 7. The van der Waals surface area contributed by atoms with E-state index in [1.165, 1.54) is 23.1 Å². The highest BCUT2D eigenvalue weighted by atomic mass is 35.5. The lowest BCUT2D eigenvalue weighted by molar-refractivity contribution is -0.941.